The molecule has 0 radical (unpaired) electrons. The zero-order valence-electron chi connectivity index (χ0n) is 18.4. The molecule has 1 saturated heterocycles. The van der Waals surface area contributed by atoms with E-state index in [0.717, 1.165) is 43.0 Å². The molecule has 3 heterocycles. The first-order chi connectivity index (χ1) is 15.5. The zero-order chi connectivity index (χ0) is 22.5. The number of likely N-dealkylation sites (N-methyl/N-ethyl adjacent to an activating group) is 1. The Kier molecular flexibility index (Phi) is 6.52. The lowest BCUT2D eigenvalue weighted by Crippen LogP contribution is -2.25. The molecule has 0 bridgehead atoms. The molecule has 1 aliphatic rings. The number of fused-ring (bicyclic) bond motifs is 1. The van der Waals surface area contributed by atoms with Crippen LogP contribution in [-0.2, 0) is 0 Å². The molecule has 164 valence electrons. The Labute approximate surface area is 187 Å². The van der Waals surface area contributed by atoms with Crippen molar-refractivity contribution in [2.24, 2.45) is 0 Å². The summed E-state index contributed by atoms with van der Waals surface area (Å²) in [6.07, 6.45) is 6.74. The highest BCUT2D eigenvalue weighted by Gasteiger charge is 2.23. The summed E-state index contributed by atoms with van der Waals surface area (Å²) in [5.41, 5.74) is 2.75. The molecular formula is C25H27FN6. The lowest BCUT2D eigenvalue weighted by atomic mass is 10.2. The molecule has 6 nitrogen and oxygen atoms in total. The van der Waals surface area contributed by atoms with E-state index in [1.807, 2.05) is 20.2 Å². The maximum Gasteiger partial charge on any atom is 0.143 e. The van der Waals surface area contributed by atoms with Crippen LogP contribution in [0.15, 0.2) is 61.1 Å². The van der Waals surface area contributed by atoms with E-state index in [4.69, 9.17) is 0 Å². The molecule has 0 unspecified atom stereocenters. The smallest absolute Gasteiger partial charge is 0.143 e. The van der Waals surface area contributed by atoms with E-state index in [0.29, 0.717) is 16.9 Å². The van der Waals surface area contributed by atoms with Gasteiger partial charge in [-0.05, 0) is 50.7 Å². The molecule has 7 heteroatoms. The maximum absolute atomic E-state index is 13.8. The van der Waals surface area contributed by atoms with Gasteiger partial charge in [0.25, 0.3) is 0 Å². The van der Waals surface area contributed by atoms with Crippen LogP contribution in [0.1, 0.15) is 17.7 Å². The fourth-order valence-electron chi connectivity index (χ4n) is 3.66. The van der Waals surface area contributed by atoms with E-state index in [2.05, 4.69) is 60.6 Å². The average molecular weight is 431 g/mol. The number of aromatic nitrogens is 3. The molecule has 2 aromatic heterocycles. The number of H-pyrrole nitrogens is 1. The van der Waals surface area contributed by atoms with Crippen molar-refractivity contribution in [1.29, 1.82) is 0 Å². The van der Waals surface area contributed by atoms with E-state index in [-0.39, 0.29) is 11.9 Å². The number of allylic oxidation sites excluding steroid dienone is 1. The number of hydrogen-bond donors (Lipinski definition) is 2. The van der Waals surface area contributed by atoms with Gasteiger partial charge in [0.05, 0.1) is 16.6 Å². The van der Waals surface area contributed by atoms with E-state index in [1.54, 1.807) is 18.2 Å². The Morgan fingerprint density at radius 2 is 2.19 bits per heavy atom. The Bertz CT molecular complexity index is 1200. The number of halogens is 1. The Morgan fingerprint density at radius 3 is 3.00 bits per heavy atom. The summed E-state index contributed by atoms with van der Waals surface area (Å²) in [7, 11) is 4.09. The van der Waals surface area contributed by atoms with Gasteiger partial charge in [-0.25, -0.2) is 14.4 Å². The van der Waals surface area contributed by atoms with Crippen LogP contribution >= 0.6 is 0 Å². The minimum absolute atomic E-state index is 0.259. The number of likely N-dealkylation sites (tertiary alicyclic amines) is 1. The van der Waals surface area contributed by atoms with Crippen molar-refractivity contribution in [3.8, 4) is 11.8 Å². The molecule has 1 atom stereocenters. The lowest BCUT2D eigenvalue weighted by molar-refractivity contribution is 0.434. The summed E-state index contributed by atoms with van der Waals surface area (Å²) in [6, 6.07) is 8.64. The van der Waals surface area contributed by atoms with Gasteiger partial charge in [-0.2, -0.15) is 0 Å². The summed E-state index contributed by atoms with van der Waals surface area (Å²) in [6.45, 7) is 6.90. The summed E-state index contributed by atoms with van der Waals surface area (Å²) in [5.74, 6) is 6.30. The summed E-state index contributed by atoms with van der Waals surface area (Å²) in [4.78, 5) is 16.3. The Balaban J connectivity index is 1.45. The molecule has 1 fully saturated rings. The van der Waals surface area contributed by atoms with Crippen molar-refractivity contribution < 1.29 is 4.39 Å². The van der Waals surface area contributed by atoms with Gasteiger partial charge < -0.3 is 20.1 Å². The topological polar surface area (TPSA) is 60.1 Å². The van der Waals surface area contributed by atoms with Crippen LogP contribution in [0.3, 0.4) is 0 Å². The molecule has 0 aliphatic carbocycles. The number of nitrogens with zero attached hydrogens (tertiary/aromatic N) is 4. The second kappa shape index (κ2) is 9.67. The Morgan fingerprint density at radius 1 is 1.34 bits per heavy atom. The number of nitrogens with one attached hydrogen (secondary N) is 2. The van der Waals surface area contributed by atoms with Crippen molar-refractivity contribution in [1.82, 2.24) is 24.8 Å². The molecule has 4 rings (SSSR count). The first-order valence-electron chi connectivity index (χ1n) is 10.6. The van der Waals surface area contributed by atoms with Gasteiger partial charge in [-0.15, -0.1) is 0 Å². The Hall–Kier alpha value is -3.63. The number of anilines is 1. The zero-order valence-corrected chi connectivity index (χ0v) is 18.4. The van der Waals surface area contributed by atoms with E-state index in [1.165, 1.54) is 12.4 Å². The fourth-order valence-corrected chi connectivity index (χ4v) is 3.66. The van der Waals surface area contributed by atoms with Crippen molar-refractivity contribution in [2.75, 3.05) is 39.0 Å². The van der Waals surface area contributed by atoms with E-state index >= 15 is 0 Å². The first kappa shape index (κ1) is 21.6. The van der Waals surface area contributed by atoms with Crippen LogP contribution < -0.4 is 5.32 Å². The lowest BCUT2D eigenvalue weighted by Gasteiger charge is -2.19. The van der Waals surface area contributed by atoms with E-state index in [9.17, 15) is 4.39 Å². The van der Waals surface area contributed by atoms with E-state index < -0.39 is 0 Å². The highest BCUT2D eigenvalue weighted by molar-refractivity contribution is 5.88. The molecule has 0 saturated carbocycles. The standard InChI is InChI=1S/C25H27FN6/c1-18(7-6-13-31(2)3)32-14-12-21(16-32)30-25-22-15-20(29-24(22)27-17-28-25)11-10-19-8-4-5-9-23(19)26/h4-9,15,17,21H,1,12-14,16H2,2-3H3,(H2,27,28,29,30)/b7-6+/t21-/m1/s1. The molecule has 1 aliphatic heterocycles. The molecule has 3 aromatic rings. The summed E-state index contributed by atoms with van der Waals surface area (Å²) >= 11 is 0. The SMILES string of the molecule is C=C(/C=C/CN(C)C)N1CC[C@@H](Nc2ncnc3[nH]c(C#Cc4ccccc4F)cc23)C1. The predicted molar refractivity (Wildman–Crippen MR) is 127 cm³/mol. The third-order valence-corrected chi connectivity index (χ3v) is 5.35. The number of aromatic amines is 1. The second-order valence-electron chi connectivity index (χ2n) is 8.13. The van der Waals surface area contributed by atoms with Gasteiger partial charge in [0.1, 0.15) is 23.6 Å². The molecule has 1 aromatic carbocycles. The van der Waals surface area contributed by atoms with Crippen molar-refractivity contribution in [3.05, 3.63) is 78.2 Å². The molecule has 0 amide bonds. The largest absolute Gasteiger partial charge is 0.370 e. The maximum atomic E-state index is 13.8. The van der Waals surface area contributed by atoms with Crippen molar-refractivity contribution in [3.63, 3.8) is 0 Å². The van der Waals surface area contributed by atoms with Crippen LogP contribution in [0, 0.1) is 17.7 Å². The monoisotopic (exact) mass is 430 g/mol. The molecular weight excluding hydrogens is 403 g/mol. The summed E-state index contributed by atoms with van der Waals surface area (Å²) in [5, 5.41) is 4.41. The fraction of sp³-hybridized carbons (Fsp3) is 0.280. The minimum atomic E-state index is -0.331. The van der Waals surface area contributed by atoms with Crippen LogP contribution in [0.4, 0.5) is 10.2 Å². The molecule has 0 spiro atoms. The first-order valence-corrected chi connectivity index (χ1v) is 10.6. The van der Waals surface area contributed by atoms with Crippen molar-refractivity contribution in [2.45, 2.75) is 12.5 Å². The van der Waals surface area contributed by atoms with Gasteiger partial charge in [0.15, 0.2) is 0 Å². The third kappa shape index (κ3) is 5.16. The number of benzene rings is 1. The molecule has 32 heavy (non-hydrogen) atoms. The number of hydrogen-bond acceptors (Lipinski definition) is 5. The van der Waals surface area contributed by atoms with Crippen LogP contribution in [-0.4, -0.2) is 64.5 Å². The van der Waals surface area contributed by atoms with Gasteiger partial charge in [-0.1, -0.05) is 30.7 Å². The van der Waals surface area contributed by atoms with Crippen molar-refractivity contribution >= 4 is 16.9 Å². The van der Waals surface area contributed by atoms with Gasteiger partial charge in [-0.3, -0.25) is 0 Å². The average Bonchev–Trinajstić information content (AvgIpc) is 3.40. The van der Waals surface area contributed by atoms with Crippen LogP contribution in [0.2, 0.25) is 0 Å². The van der Waals surface area contributed by atoms with Crippen LogP contribution in [0.25, 0.3) is 11.0 Å². The highest BCUT2D eigenvalue weighted by atomic mass is 19.1. The quantitative estimate of drug-likeness (QED) is 0.462. The van der Waals surface area contributed by atoms with Gasteiger partial charge >= 0.3 is 0 Å². The third-order valence-electron chi connectivity index (χ3n) is 5.35. The highest BCUT2D eigenvalue weighted by Crippen LogP contribution is 2.24. The van der Waals surface area contributed by atoms with Crippen LogP contribution in [0.5, 0.6) is 0 Å². The predicted octanol–water partition coefficient (Wildman–Crippen LogP) is 3.61. The number of rotatable bonds is 6. The molecule has 2 N–H and O–H groups in total. The minimum Gasteiger partial charge on any atom is -0.370 e. The second-order valence-corrected chi connectivity index (χ2v) is 8.13. The normalized spacial score (nSPS) is 16.0. The summed E-state index contributed by atoms with van der Waals surface area (Å²) < 4.78 is 13.8. The van der Waals surface area contributed by atoms with Gasteiger partial charge in [0.2, 0.25) is 0 Å². The van der Waals surface area contributed by atoms with Gasteiger partial charge in [0, 0.05) is 31.4 Å².